The van der Waals surface area contributed by atoms with Crippen LogP contribution in [0.1, 0.15) is 37.1 Å². The lowest BCUT2D eigenvalue weighted by atomic mass is 9.61. The number of pyridine rings is 1. The van der Waals surface area contributed by atoms with E-state index in [1.165, 1.54) is 6.92 Å². The Morgan fingerprint density at radius 1 is 1.32 bits per heavy atom. The van der Waals surface area contributed by atoms with Crippen molar-refractivity contribution < 1.29 is 18.3 Å². The number of aromatic nitrogens is 1. The number of alkyl halides is 2. The minimum atomic E-state index is -3.22. The van der Waals surface area contributed by atoms with E-state index in [9.17, 15) is 18.8 Å². The SMILES string of the molecule is Cc1cccc(-c2ccc(/C=C/[C@@H]3[C@@H]4[C@@H](C)OC(=O)[C@]4(N=[N+]=[N-])CC(F)(F)[C@H]3C)nc2)c1C#N. The van der Waals surface area contributed by atoms with E-state index in [1.807, 2.05) is 31.2 Å². The molecule has 1 saturated carbocycles. The quantitative estimate of drug-likeness (QED) is 0.245. The number of nitriles is 1. The van der Waals surface area contributed by atoms with Crippen LogP contribution in [-0.4, -0.2) is 28.5 Å². The highest BCUT2D eigenvalue weighted by atomic mass is 19.3. The van der Waals surface area contributed by atoms with E-state index in [-0.39, 0.29) is 0 Å². The van der Waals surface area contributed by atoms with Gasteiger partial charge in [0.15, 0.2) is 5.54 Å². The van der Waals surface area contributed by atoms with E-state index < -0.39 is 47.7 Å². The molecule has 34 heavy (non-hydrogen) atoms. The lowest BCUT2D eigenvalue weighted by Gasteiger charge is -2.45. The van der Waals surface area contributed by atoms with Crippen molar-refractivity contribution in [2.24, 2.45) is 22.9 Å². The summed E-state index contributed by atoms with van der Waals surface area (Å²) in [5.74, 6) is -6.72. The van der Waals surface area contributed by atoms with Gasteiger partial charge in [-0.2, -0.15) is 5.26 Å². The third kappa shape index (κ3) is 3.70. The van der Waals surface area contributed by atoms with E-state index in [2.05, 4.69) is 21.1 Å². The predicted octanol–water partition coefficient (Wildman–Crippen LogP) is 5.84. The summed E-state index contributed by atoms with van der Waals surface area (Å²) >= 11 is 0. The molecule has 1 aliphatic heterocycles. The number of aryl methyl sites for hydroxylation is 1. The van der Waals surface area contributed by atoms with Crippen LogP contribution in [0.2, 0.25) is 0 Å². The molecule has 2 aliphatic rings. The summed E-state index contributed by atoms with van der Waals surface area (Å²) in [6.07, 6.45) is 3.33. The van der Waals surface area contributed by atoms with Gasteiger partial charge in [-0.25, -0.2) is 8.78 Å². The number of ether oxygens (including phenoxy) is 1. The van der Waals surface area contributed by atoms with Gasteiger partial charge in [0.05, 0.1) is 11.3 Å². The fraction of sp³-hybridized carbons (Fsp3) is 0.400. The molecule has 0 N–H and O–H groups in total. The van der Waals surface area contributed by atoms with Crippen LogP contribution in [0.25, 0.3) is 27.6 Å². The zero-order valence-electron chi connectivity index (χ0n) is 18.9. The maximum atomic E-state index is 15.0. The number of benzene rings is 1. The summed E-state index contributed by atoms with van der Waals surface area (Å²) in [6, 6.07) is 11.3. The van der Waals surface area contributed by atoms with Gasteiger partial charge in [0.2, 0.25) is 0 Å². The highest BCUT2D eigenvalue weighted by Gasteiger charge is 2.68. The second-order valence-electron chi connectivity index (χ2n) is 8.99. The van der Waals surface area contributed by atoms with E-state index in [0.717, 1.165) is 16.7 Å². The smallest absolute Gasteiger partial charge is 0.319 e. The van der Waals surface area contributed by atoms with Crippen LogP contribution in [-0.2, 0) is 9.53 Å². The van der Waals surface area contributed by atoms with Gasteiger partial charge in [0.1, 0.15) is 12.2 Å². The Morgan fingerprint density at radius 3 is 2.74 bits per heavy atom. The largest absolute Gasteiger partial charge is 0.462 e. The van der Waals surface area contributed by atoms with Crippen molar-refractivity contribution in [1.29, 1.82) is 5.26 Å². The van der Waals surface area contributed by atoms with Crippen LogP contribution in [0.15, 0.2) is 47.7 Å². The zero-order valence-corrected chi connectivity index (χ0v) is 18.9. The number of carbonyl (C=O) groups is 1. The number of hydrogen-bond acceptors (Lipinski definition) is 5. The number of cyclic esters (lactones) is 1. The maximum absolute atomic E-state index is 15.0. The van der Waals surface area contributed by atoms with Crippen molar-refractivity contribution in [3.05, 3.63) is 69.9 Å². The average molecular weight is 463 g/mol. The molecule has 1 aromatic carbocycles. The van der Waals surface area contributed by atoms with Crippen LogP contribution in [0.3, 0.4) is 0 Å². The summed E-state index contributed by atoms with van der Waals surface area (Å²) in [7, 11) is 0. The van der Waals surface area contributed by atoms with Crippen LogP contribution in [0, 0.1) is 36.0 Å². The standard InChI is InChI=1S/C25H23F2N5O2/c1-14-5-4-6-20(21(14)11-28)17-7-8-18(30-12-17)9-10-19-15(2)25(26,27)13-24(31-32-29)22(19)16(3)34-23(24)33/h4-10,12,15-16,19,22H,13H2,1-3H3/b10-9+/t15-,16+,19-,22-,24-/m0/s1. The Labute approximate surface area is 195 Å². The van der Waals surface area contributed by atoms with E-state index in [1.54, 1.807) is 31.3 Å². The van der Waals surface area contributed by atoms with Gasteiger partial charge in [-0.05, 0) is 43.0 Å². The Hall–Kier alpha value is -3.76. The first-order valence-corrected chi connectivity index (χ1v) is 10.9. The van der Waals surface area contributed by atoms with Gasteiger partial charge in [0, 0.05) is 40.5 Å². The van der Waals surface area contributed by atoms with Gasteiger partial charge in [0.25, 0.3) is 5.92 Å². The monoisotopic (exact) mass is 463 g/mol. The number of halogens is 2. The molecule has 174 valence electrons. The zero-order chi connectivity index (χ0) is 24.7. The van der Waals surface area contributed by atoms with Gasteiger partial charge >= 0.3 is 5.97 Å². The molecule has 1 aromatic heterocycles. The third-order valence-electron chi connectivity index (χ3n) is 7.06. The minimum Gasteiger partial charge on any atom is -0.462 e. The molecule has 7 nitrogen and oxygen atoms in total. The number of carbonyl (C=O) groups excluding carboxylic acids is 1. The fourth-order valence-corrected chi connectivity index (χ4v) is 5.24. The normalized spacial score (nSPS) is 29.7. The van der Waals surface area contributed by atoms with Crippen molar-refractivity contribution >= 4 is 12.0 Å². The summed E-state index contributed by atoms with van der Waals surface area (Å²) in [5.41, 5.74) is 10.6. The Kier molecular flexibility index (Phi) is 5.88. The van der Waals surface area contributed by atoms with Gasteiger partial charge in [-0.3, -0.25) is 9.78 Å². The highest BCUT2D eigenvalue weighted by Crippen LogP contribution is 2.56. The van der Waals surface area contributed by atoms with Crippen LogP contribution >= 0.6 is 0 Å². The molecule has 2 fully saturated rings. The van der Waals surface area contributed by atoms with Gasteiger partial charge < -0.3 is 4.74 Å². The molecule has 0 amide bonds. The molecular weight excluding hydrogens is 440 g/mol. The maximum Gasteiger partial charge on any atom is 0.319 e. The van der Waals surface area contributed by atoms with Crippen molar-refractivity contribution in [3.63, 3.8) is 0 Å². The van der Waals surface area contributed by atoms with Crippen molar-refractivity contribution in [2.45, 2.75) is 44.8 Å². The van der Waals surface area contributed by atoms with Crippen molar-refractivity contribution in [1.82, 2.24) is 4.98 Å². The van der Waals surface area contributed by atoms with Gasteiger partial charge in [-0.1, -0.05) is 42.4 Å². The first kappa shape index (κ1) is 23.4. The third-order valence-corrected chi connectivity index (χ3v) is 7.06. The van der Waals surface area contributed by atoms with Crippen LogP contribution in [0.4, 0.5) is 8.78 Å². The Bertz CT molecular complexity index is 1250. The second-order valence-corrected chi connectivity index (χ2v) is 8.99. The highest BCUT2D eigenvalue weighted by molar-refractivity contribution is 5.84. The fourth-order valence-electron chi connectivity index (χ4n) is 5.24. The molecular formula is C25H23F2N5O2. The van der Waals surface area contributed by atoms with Crippen LogP contribution < -0.4 is 0 Å². The van der Waals surface area contributed by atoms with Gasteiger partial charge in [-0.15, -0.1) is 0 Å². The van der Waals surface area contributed by atoms with Crippen molar-refractivity contribution in [2.75, 3.05) is 0 Å². The molecule has 4 rings (SSSR count). The molecule has 0 unspecified atom stereocenters. The molecule has 2 aromatic rings. The number of azide groups is 1. The number of allylic oxidation sites excluding steroid dienone is 1. The number of hydrogen-bond donors (Lipinski definition) is 0. The van der Waals surface area contributed by atoms with E-state index in [0.29, 0.717) is 11.3 Å². The van der Waals surface area contributed by atoms with E-state index in [4.69, 9.17) is 10.3 Å². The Balaban J connectivity index is 1.67. The minimum absolute atomic E-state index is 0.531. The lowest BCUT2D eigenvalue weighted by molar-refractivity contribution is -0.155. The summed E-state index contributed by atoms with van der Waals surface area (Å²) in [4.78, 5) is 19.6. The average Bonchev–Trinajstić information content (AvgIpc) is 3.03. The number of rotatable bonds is 4. The molecule has 2 heterocycles. The molecule has 0 bridgehead atoms. The second kappa shape index (κ2) is 8.54. The van der Waals surface area contributed by atoms with E-state index >= 15 is 0 Å². The number of esters is 1. The molecule has 1 aliphatic carbocycles. The molecule has 1 saturated heterocycles. The molecule has 0 spiro atoms. The summed E-state index contributed by atoms with van der Waals surface area (Å²) in [6.45, 7) is 4.93. The Morgan fingerprint density at radius 2 is 2.09 bits per heavy atom. The summed E-state index contributed by atoms with van der Waals surface area (Å²) < 4.78 is 35.2. The lowest BCUT2D eigenvalue weighted by Crippen LogP contribution is -2.56. The summed E-state index contributed by atoms with van der Waals surface area (Å²) in [5, 5.41) is 13.0. The number of nitrogens with zero attached hydrogens (tertiary/aromatic N) is 5. The van der Waals surface area contributed by atoms with Crippen LogP contribution in [0.5, 0.6) is 0 Å². The first-order valence-electron chi connectivity index (χ1n) is 10.9. The molecule has 5 atom stereocenters. The number of fused-ring (bicyclic) bond motifs is 1. The molecule has 0 radical (unpaired) electrons. The molecule has 9 heteroatoms. The first-order chi connectivity index (χ1) is 16.1. The topological polar surface area (TPSA) is 112 Å². The predicted molar refractivity (Wildman–Crippen MR) is 121 cm³/mol. The van der Waals surface area contributed by atoms with Crippen molar-refractivity contribution in [3.8, 4) is 17.2 Å².